The predicted molar refractivity (Wildman–Crippen MR) is 88.9 cm³/mol. The number of hydrogen-bond donors (Lipinski definition) is 0. The number of pyridine rings is 1. The van der Waals surface area contributed by atoms with Crippen LogP contribution in [0.5, 0.6) is 5.75 Å². The molecule has 0 aliphatic rings. The zero-order valence-electron chi connectivity index (χ0n) is 12.9. The Kier molecular flexibility index (Phi) is 4.36. The van der Waals surface area contributed by atoms with E-state index in [-0.39, 0.29) is 11.3 Å². The lowest BCUT2D eigenvalue weighted by molar-refractivity contribution is -0.0501. The minimum atomic E-state index is -3.00. The van der Waals surface area contributed by atoms with E-state index in [0.29, 0.717) is 17.0 Å². The third-order valence-electron chi connectivity index (χ3n) is 3.64. The molecule has 0 N–H and O–H groups in total. The number of rotatable bonds is 4. The summed E-state index contributed by atoms with van der Waals surface area (Å²) in [7, 11) is 0. The maximum absolute atomic E-state index is 12.9. The number of hydrogen-bond acceptors (Lipinski definition) is 3. The molecule has 0 unspecified atom stereocenters. The second kappa shape index (κ2) is 6.32. The average molecular weight is 395 g/mol. The molecule has 0 amide bonds. The number of ketones is 1. The molecule has 0 saturated heterocycles. The highest BCUT2D eigenvalue weighted by Gasteiger charge is 2.23. The quantitative estimate of drug-likeness (QED) is 0.609. The number of carbonyl (C=O) groups excluding carboxylic acids is 1. The number of benzene rings is 1. The SMILES string of the molecule is Cc1cc2nc(C)c(C(=O)c3ccccc3OC(F)F)n2cc1Br. The van der Waals surface area contributed by atoms with Gasteiger partial charge in [0.25, 0.3) is 0 Å². The fourth-order valence-corrected chi connectivity index (χ4v) is 2.85. The van der Waals surface area contributed by atoms with Gasteiger partial charge in [-0.2, -0.15) is 8.78 Å². The zero-order chi connectivity index (χ0) is 17.4. The number of ether oxygens (including phenoxy) is 1. The Labute approximate surface area is 145 Å². The Hall–Kier alpha value is -2.28. The molecule has 0 saturated carbocycles. The van der Waals surface area contributed by atoms with Crippen LogP contribution in [0.4, 0.5) is 8.78 Å². The number of nitrogens with zero attached hydrogens (tertiary/aromatic N) is 2. The molecular weight excluding hydrogens is 382 g/mol. The van der Waals surface area contributed by atoms with Crippen LogP contribution in [-0.2, 0) is 0 Å². The van der Waals surface area contributed by atoms with E-state index < -0.39 is 12.4 Å². The van der Waals surface area contributed by atoms with Gasteiger partial charge in [0.2, 0.25) is 5.78 Å². The van der Waals surface area contributed by atoms with E-state index >= 15 is 0 Å². The molecule has 0 radical (unpaired) electrons. The van der Waals surface area contributed by atoms with Crippen molar-refractivity contribution in [3.05, 3.63) is 63.5 Å². The number of alkyl halides is 2. The van der Waals surface area contributed by atoms with Gasteiger partial charge >= 0.3 is 6.61 Å². The summed E-state index contributed by atoms with van der Waals surface area (Å²) < 4.78 is 32.1. The summed E-state index contributed by atoms with van der Waals surface area (Å²) in [5.74, 6) is -0.579. The van der Waals surface area contributed by atoms with Gasteiger partial charge in [-0.25, -0.2) is 4.98 Å². The molecule has 3 rings (SSSR count). The lowest BCUT2D eigenvalue weighted by atomic mass is 10.1. The van der Waals surface area contributed by atoms with Crippen molar-refractivity contribution in [2.75, 3.05) is 0 Å². The zero-order valence-corrected chi connectivity index (χ0v) is 14.5. The molecular formula is C17H13BrF2N2O2. The maximum Gasteiger partial charge on any atom is 0.387 e. The molecule has 2 aromatic heterocycles. The summed E-state index contributed by atoms with van der Waals surface area (Å²) in [4.78, 5) is 17.3. The maximum atomic E-state index is 12.9. The van der Waals surface area contributed by atoms with Gasteiger partial charge in [0, 0.05) is 10.7 Å². The summed E-state index contributed by atoms with van der Waals surface area (Å²) in [6, 6.07) is 7.79. The Bertz CT molecular complexity index is 938. The monoisotopic (exact) mass is 394 g/mol. The third-order valence-corrected chi connectivity index (χ3v) is 4.47. The first-order chi connectivity index (χ1) is 11.4. The second-order valence-corrected chi connectivity index (χ2v) is 6.14. The summed E-state index contributed by atoms with van der Waals surface area (Å²) in [5, 5.41) is 0. The van der Waals surface area contributed by atoms with Crippen LogP contribution in [0.2, 0.25) is 0 Å². The van der Waals surface area contributed by atoms with Crippen molar-refractivity contribution in [1.82, 2.24) is 9.38 Å². The van der Waals surface area contributed by atoms with Gasteiger partial charge in [-0.1, -0.05) is 12.1 Å². The molecule has 0 aliphatic heterocycles. The first kappa shape index (κ1) is 16.6. The van der Waals surface area contributed by atoms with Gasteiger partial charge < -0.3 is 4.74 Å². The van der Waals surface area contributed by atoms with Crippen molar-refractivity contribution in [2.45, 2.75) is 20.5 Å². The van der Waals surface area contributed by atoms with Crippen LogP contribution >= 0.6 is 15.9 Å². The van der Waals surface area contributed by atoms with Crippen LogP contribution in [0.25, 0.3) is 5.65 Å². The van der Waals surface area contributed by atoms with Crippen LogP contribution < -0.4 is 4.74 Å². The molecule has 0 atom stereocenters. The van der Waals surface area contributed by atoms with Crippen molar-refractivity contribution in [1.29, 1.82) is 0 Å². The first-order valence-corrected chi connectivity index (χ1v) is 7.91. The topological polar surface area (TPSA) is 43.6 Å². The van der Waals surface area contributed by atoms with E-state index in [9.17, 15) is 13.6 Å². The number of aryl methyl sites for hydroxylation is 2. The van der Waals surface area contributed by atoms with Gasteiger partial charge in [0.1, 0.15) is 17.1 Å². The summed E-state index contributed by atoms with van der Waals surface area (Å²) >= 11 is 3.43. The Morgan fingerprint density at radius 3 is 2.71 bits per heavy atom. The molecule has 0 spiro atoms. The number of fused-ring (bicyclic) bond motifs is 1. The molecule has 0 bridgehead atoms. The highest BCUT2D eigenvalue weighted by molar-refractivity contribution is 9.10. The molecule has 0 fully saturated rings. The van der Waals surface area contributed by atoms with Crippen LogP contribution in [0.1, 0.15) is 27.3 Å². The number of carbonyl (C=O) groups is 1. The standard InChI is InChI=1S/C17H13BrF2N2O2/c1-9-7-14-21-10(2)15(22(14)8-12(9)18)16(23)11-5-3-4-6-13(11)24-17(19)20/h3-8,17H,1-2H3. The average Bonchev–Trinajstić information content (AvgIpc) is 2.82. The Morgan fingerprint density at radius 2 is 2.00 bits per heavy atom. The van der Waals surface area contributed by atoms with Crippen LogP contribution in [-0.4, -0.2) is 21.8 Å². The van der Waals surface area contributed by atoms with Gasteiger partial charge in [-0.15, -0.1) is 0 Å². The Morgan fingerprint density at radius 1 is 1.29 bits per heavy atom. The number of para-hydroxylation sites is 1. The van der Waals surface area contributed by atoms with Crippen LogP contribution in [0.3, 0.4) is 0 Å². The fraction of sp³-hybridized carbons (Fsp3) is 0.176. The molecule has 4 nitrogen and oxygen atoms in total. The minimum absolute atomic E-state index is 0.0689. The normalized spacial score (nSPS) is 11.2. The molecule has 7 heteroatoms. The fourth-order valence-electron chi connectivity index (χ4n) is 2.53. The van der Waals surface area contributed by atoms with Gasteiger partial charge in [-0.05, 0) is 53.5 Å². The number of imidazole rings is 1. The van der Waals surface area contributed by atoms with Crippen molar-refractivity contribution < 1.29 is 18.3 Å². The second-order valence-electron chi connectivity index (χ2n) is 5.28. The van der Waals surface area contributed by atoms with E-state index in [1.807, 2.05) is 13.0 Å². The van der Waals surface area contributed by atoms with Crippen LogP contribution in [0, 0.1) is 13.8 Å². The number of halogens is 3. The van der Waals surface area contributed by atoms with Crippen molar-refractivity contribution >= 4 is 27.4 Å². The van der Waals surface area contributed by atoms with Crippen molar-refractivity contribution in [2.24, 2.45) is 0 Å². The molecule has 124 valence electrons. The van der Waals surface area contributed by atoms with Gasteiger partial charge in [0.15, 0.2) is 0 Å². The van der Waals surface area contributed by atoms with E-state index in [4.69, 9.17) is 0 Å². The van der Waals surface area contributed by atoms with E-state index in [1.165, 1.54) is 18.2 Å². The molecule has 24 heavy (non-hydrogen) atoms. The smallest absolute Gasteiger partial charge is 0.387 e. The van der Waals surface area contributed by atoms with Crippen molar-refractivity contribution in [3.8, 4) is 5.75 Å². The highest BCUT2D eigenvalue weighted by atomic mass is 79.9. The lowest BCUT2D eigenvalue weighted by Gasteiger charge is -2.10. The molecule has 3 aromatic rings. The van der Waals surface area contributed by atoms with Gasteiger partial charge in [-0.3, -0.25) is 9.20 Å². The van der Waals surface area contributed by atoms with E-state index in [2.05, 4.69) is 25.7 Å². The van der Waals surface area contributed by atoms with Crippen molar-refractivity contribution in [3.63, 3.8) is 0 Å². The largest absolute Gasteiger partial charge is 0.434 e. The lowest BCUT2D eigenvalue weighted by Crippen LogP contribution is -2.11. The minimum Gasteiger partial charge on any atom is -0.434 e. The molecule has 0 aliphatic carbocycles. The molecule has 2 heterocycles. The Balaban J connectivity index is 2.16. The van der Waals surface area contributed by atoms with Crippen LogP contribution in [0.15, 0.2) is 41.0 Å². The summed E-state index contributed by atoms with van der Waals surface area (Å²) in [6.07, 6.45) is 1.74. The predicted octanol–water partition coefficient (Wildman–Crippen LogP) is 4.55. The first-order valence-electron chi connectivity index (χ1n) is 7.12. The highest BCUT2D eigenvalue weighted by Crippen LogP contribution is 2.27. The van der Waals surface area contributed by atoms with E-state index in [1.54, 1.807) is 23.6 Å². The third kappa shape index (κ3) is 2.91. The summed E-state index contributed by atoms with van der Waals surface area (Å²) in [5.41, 5.74) is 2.50. The summed E-state index contributed by atoms with van der Waals surface area (Å²) in [6.45, 7) is 0.626. The number of aromatic nitrogens is 2. The van der Waals surface area contributed by atoms with Gasteiger partial charge in [0.05, 0.1) is 11.3 Å². The molecule has 1 aromatic carbocycles. The van der Waals surface area contributed by atoms with E-state index in [0.717, 1.165) is 10.0 Å².